The zero-order valence-electron chi connectivity index (χ0n) is 11.5. The highest BCUT2D eigenvalue weighted by Crippen LogP contribution is 2.30. The minimum atomic E-state index is -0.478. The van der Waals surface area contributed by atoms with E-state index < -0.39 is 11.2 Å². The van der Waals surface area contributed by atoms with Gasteiger partial charge in [0.15, 0.2) is 5.75 Å². The molecule has 1 N–H and O–H groups in total. The number of carbonyl (C=O) groups excluding carboxylic acids is 1. The van der Waals surface area contributed by atoms with Crippen LogP contribution in [0.15, 0.2) is 21.5 Å². The highest BCUT2D eigenvalue weighted by molar-refractivity contribution is 5.71. The molecular weight excluding hydrogens is 262 g/mol. The van der Waals surface area contributed by atoms with Crippen LogP contribution in [0.5, 0.6) is 5.75 Å². The molecule has 0 bridgehead atoms. The summed E-state index contributed by atoms with van der Waals surface area (Å²) < 4.78 is 10.1. The summed E-state index contributed by atoms with van der Waals surface area (Å²) in [4.78, 5) is 24.8. The summed E-state index contributed by atoms with van der Waals surface area (Å²) in [5.74, 6) is 0.341. The topological polar surface area (TPSA) is 80.0 Å². The van der Waals surface area contributed by atoms with Crippen LogP contribution in [0.25, 0.3) is 0 Å². The molecule has 1 aliphatic carbocycles. The van der Waals surface area contributed by atoms with Crippen molar-refractivity contribution in [3.63, 3.8) is 0 Å². The van der Waals surface area contributed by atoms with E-state index in [1.165, 1.54) is 18.9 Å². The maximum Gasteiger partial charge on any atom is 0.320 e. The number of nitrogens with zero attached hydrogens (tertiary/aromatic N) is 1. The van der Waals surface area contributed by atoms with Crippen molar-refractivity contribution in [1.29, 1.82) is 0 Å². The Morgan fingerprint density at radius 2 is 2.30 bits per heavy atom. The van der Waals surface area contributed by atoms with Gasteiger partial charge in [-0.3, -0.25) is 14.5 Å². The first-order chi connectivity index (χ1) is 9.58. The van der Waals surface area contributed by atoms with Gasteiger partial charge in [0.1, 0.15) is 12.0 Å². The van der Waals surface area contributed by atoms with E-state index in [-0.39, 0.29) is 12.5 Å². The summed E-state index contributed by atoms with van der Waals surface area (Å²) in [5.41, 5.74) is -0.478. The van der Waals surface area contributed by atoms with Gasteiger partial charge >= 0.3 is 5.97 Å². The molecular formula is C14H19NO5. The Kier molecular flexibility index (Phi) is 4.79. The van der Waals surface area contributed by atoms with E-state index >= 15 is 0 Å². The van der Waals surface area contributed by atoms with Gasteiger partial charge in [0.25, 0.3) is 0 Å². The third-order valence-electron chi connectivity index (χ3n) is 3.12. The number of hydrogen-bond acceptors (Lipinski definition) is 6. The Hall–Kier alpha value is -1.82. The molecule has 0 aliphatic heterocycles. The van der Waals surface area contributed by atoms with Crippen molar-refractivity contribution in [2.24, 2.45) is 5.92 Å². The lowest BCUT2D eigenvalue weighted by Crippen LogP contribution is -2.32. The van der Waals surface area contributed by atoms with Gasteiger partial charge in [0.05, 0.1) is 19.7 Å². The molecule has 1 aromatic rings. The molecule has 0 radical (unpaired) electrons. The van der Waals surface area contributed by atoms with Crippen LogP contribution >= 0.6 is 0 Å². The summed E-state index contributed by atoms with van der Waals surface area (Å²) in [6, 6.07) is 1.25. The Balaban J connectivity index is 1.99. The number of aromatic hydroxyl groups is 1. The number of esters is 1. The van der Waals surface area contributed by atoms with Crippen LogP contribution in [-0.2, 0) is 16.1 Å². The third-order valence-corrected chi connectivity index (χ3v) is 3.12. The monoisotopic (exact) mass is 281 g/mol. The van der Waals surface area contributed by atoms with Crippen LogP contribution in [0.1, 0.15) is 25.5 Å². The third kappa shape index (κ3) is 4.38. The summed E-state index contributed by atoms with van der Waals surface area (Å²) in [6.07, 6.45) is 3.36. The van der Waals surface area contributed by atoms with Gasteiger partial charge in [-0.1, -0.05) is 0 Å². The van der Waals surface area contributed by atoms with E-state index in [9.17, 15) is 9.59 Å². The fraction of sp³-hybridized carbons (Fsp3) is 0.571. The maximum atomic E-state index is 11.6. The van der Waals surface area contributed by atoms with Gasteiger partial charge < -0.3 is 14.3 Å². The molecule has 0 amide bonds. The second kappa shape index (κ2) is 6.56. The van der Waals surface area contributed by atoms with Crippen LogP contribution < -0.4 is 5.43 Å². The number of carbonyl (C=O) groups is 1. The van der Waals surface area contributed by atoms with Crippen LogP contribution in [0.4, 0.5) is 0 Å². The molecule has 1 saturated carbocycles. The van der Waals surface area contributed by atoms with Crippen molar-refractivity contribution in [3.05, 3.63) is 28.3 Å². The van der Waals surface area contributed by atoms with Crippen LogP contribution in [-0.4, -0.2) is 35.7 Å². The number of ether oxygens (including phenoxy) is 1. The van der Waals surface area contributed by atoms with Gasteiger partial charge in [-0.05, 0) is 25.7 Å². The second-order valence-electron chi connectivity index (χ2n) is 5.01. The molecule has 0 aromatic carbocycles. The van der Waals surface area contributed by atoms with Crippen LogP contribution in [0, 0.1) is 5.92 Å². The highest BCUT2D eigenvalue weighted by atomic mass is 16.5. The molecule has 6 nitrogen and oxygen atoms in total. The molecule has 2 rings (SSSR count). The normalized spacial score (nSPS) is 14.5. The molecule has 0 spiro atoms. The lowest BCUT2D eigenvalue weighted by molar-refractivity contribution is -0.144. The van der Waals surface area contributed by atoms with E-state index in [1.807, 2.05) is 4.90 Å². The van der Waals surface area contributed by atoms with Gasteiger partial charge in [-0.15, -0.1) is 0 Å². The average Bonchev–Trinajstić information content (AvgIpc) is 3.18. The summed E-state index contributed by atoms with van der Waals surface area (Å²) in [5, 5.41) is 9.15. The maximum absolute atomic E-state index is 11.6. The molecule has 0 atom stereocenters. The van der Waals surface area contributed by atoms with Gasteiger partial charge in [-0.2, -0.15) is 0 Å². The van der Waals surface area contributed by atoms with E-state index in [4.69, 9.17) is 14.3 Å². The minimum absolute atomic E-state index is 0.176. The van der Waals surface area contributed by atoms with Crippen LogP contribution in [0.2, 0.25) is 0 Å². The SMILES string of the molecule is CCOC(=O)CN(Cc1cc(=O)c(O)co1)CC1CC1. The van der Waals surface area contributed by atoms with E-state index in [0.29, 0.717) is 24.8 Å². The first-order valence-corrected chi connectivity index (χ1v) is 6.77. The predicted molar refractivity (Wildman–Crippen MR) is 71.3 cm³/mol. The Labute approximate surface area is 117 Å². The van der Waals surface area contributed by atoms with Crippen molar-refractivity contribution in [1.82, 2.24) is 4.90 Å². The smallest absolute Gasteiger partial charge is 0.320 e. The molecule has 1 fully saturated rings. The molecule has 0 unspecified atom stereocenters. The quantitative estimate of drug-likeness (QED) is 0.754. The highest BCUT2D eigenvalue weighted by Gasteiger charge is 2.26. The zero-order chi connectivity index (χ0) is 14.5. The molecule has 1 heterocycles. The van der Waals surface area contributed by atoms with Crippen molar-refractivity contribution >= 4 is 5.97 Å². The minimum Gasteiger partial charge on any atom is -0.502 e. The summed E-state index contributed by atoms with van der Waals surface area (Å²) in [7, 11) is 0. The zero-order valence-corrected chi connectivity index (χ0v) is 11.5. The number of hydrogen-bond donors (Lipinski definition) is 1. The first-order valence-electron chi connectivity index (χ1n) is 6.77. The molecule has 6 heteroatoms. The lowest BCUT2D eigenvalue weighted by Gasteiger charge is -2.20. The molecule has 0 saturated heterocycles. The van der Waals surface area contributed by atoms with Crippen molar-refractivity contribution in [2.45, 2.75) is 26.3 Å². The van der Waals surface area contributed by atoms with Gasteiger partial charge in [-0.25, -0.2) is 0 Å². The van der Waals surface area contributed by atoms with E-state index in [2.05, 4.69) is 0 Å². The summed E-state index contributed by atoms with van der Waals surface area (Å²) in [6.45, 7) is 3.43. The Morgan fingerprint density at radius 1 is 1.55 bits per heavy atom. The van der Waals surface area contributed by atoms with Crippen molar-refractivity contribution in [2.75, 3.05) is 19.7 Å². The second-order valence-corrected chi connectivity index (χ2v) is 5.01. The van der Waals surface area contributed by atoms with E-state index in [0.717, 1.165) is 12.8 Å². The Morgan fingerprint density at radius 3 is 2.90 bits per heavy atom. The molecule has 1 aromatic heterocycles. The van der Waals surface area contributed by atoms with Crippen LogP contribution in [0.3, 0.4) is 0 Å². The molecule has 110 valence electrons. The summed E-state index contributed by atoms with van der Waals surface area (Å²) >= 11 is 0. The molecule has 1 aliphatic rings. The first kappa shape index (κ1) is 14.6. The fourth-order valence-electron chi connectivity index (χ4n) is 1.99. The standard InChI is InChI=1S/C14H19NO5/c1-2-19-14(18)8-15(6-10-3-4-10)7-11-5-12(16)13(17)9-20-11/h5,9-10,17H,2-4,6-8H2,1H3. The molecule has 20 heavy (non-hydrogen) atoms. The average molecular weight is 281 g/mol. The fourth-order valence-corrected chi connectivity index (χ4v) is 1.99. The Bertz CT molecular complexity index is 521. The largest absolute Gasteiger partial charge is 0.502 e. The van der Waals surface area contributed by atoms with Crippen molar-refractivity contribution in [3.8, 4) is 5.75 Å². The van der Waals surface area contributed by atoms with Crippen molar-refractivity contribution < 1.29 is 19.1 Å². The lowest BCUT2D eigenvalue weighted by atomic mass is 10.3. The van der Waals surface area contributed by atoms with E-state index in [1.54, 1.807) is 6.92 Å². The van der Waals surface area contributed by atoms with Gasteiger partial charge in [0.2, 0.25) is 5.43 Å². The number of rotatable bonds is 7. The van der Waals surface area contributed by atoms with Gasteiger partial charge in [0, 0.05) is 12.6 Å². The predicted octanol–water partition coefficient (Wildman–Crippen LogP) is 1.12.